The van der Waals surface area contributed by atoms with Crippen LogP contribution in [0.3, 0.4) is 0 Å². The van der Waals surface area contributed by atoms with Crippen LogP contribution in [0.15, 0.2) is 6.33 Å². The van der Waals surface area contributed by atoms with E-state index in [0.29, 0.717) is 24.5 Å². The van der Waals surface area contributed by atoms with Gasteiger partial charge in [-0.3, -0.25) is 23.0 Å². The van der Waals surface area contributed by atoms with Crippen LogP contribution in [0.1, 0.15) is 54.2 Å². The molecule has 3 N–H and O–H groups in total. The van der Waals surface area contributed by atoms with Gasteiger partial charge in [0.1, 0.15) is 24.5 Å². The molecule has 0 aliphatic carbocycles. The lowest BCUT2D eigenvalue weighted by atomic mass is 9.99. The van der Waals surface area contributed by atoms with Crippen LogP contribution < -0.4 is 5.32 Å². The van der Waals surface area contributed by atoms with E-state index in [9.17, 15) is 29.2 Å². The maximum Gasteiger partial charge on any atom is 0.510 e. The molecule has 0 spiro atoms. The first-order chi connectivity index (χ1) is 24.7. The van der Waals surface area contributed by atoms with Crippen molar-refractivity contribution in [2.75, 3.05) is 65.1 Å². The van der Waals surface area contributed by atoms with Gasteiger partial charge in [-0.15, -0.1) is 0 Å². The lowest BCUT2D eigenvalue weighted by Gasteiger charge is -2.25. The Hall–Kier alpha value is -3.36. The first kappa shape index (κ1) is 42.4. The first-order valence-corrected chi connectivity index (χ1v) is 18.8. The molecule has 0 aromatic carbocycles. The van der Waals surface area contributed by atoms with E-state index in [0.717, 1.165) is 11.3 Å². The number of aromatic nitrogens is 4. The molecule has 0 unspecified atom stereocenters. The number of hydrogen-bond acceptors (Lipinski definition) is 18. The Balaban J connectivity index is 1.39. The molecule has 2 aromatic heterocycles. The highest BCUT2D eigenvalue weighted by Crippen LogP contribution is 2.48. The number of nitrogens with zero attached hydrogens (tertiary/aromatic N) is 5. The van der Waals surface area contributed by atoms with E-state index in [-0.39, 0.29) is 47.6 Å². The predicted octanol–water partition coefficient (Wildman–Crippen LogP) is 3.30. The van der Waals surface area contributed by atoms with Crippen LogP contribution in [0, 0.1) is 10.8 Å². The molecule has 4 rings (SSSR count). The fourth-order valence-corrected chi connectivity index (χ4v) is 6.28. The number of rotatable bonds is 15. The minimum atomic E-state index is -4.48. The average Bonchev–Trinajstić information content (AvgIpc) is 3.79. The third-order valence-corrected chi connectivity index (χ3v) is 9.41. The Labute approximate surface area is 311 Å². The number of halogens is 1. The standard InChI is InChI=1S/C31H48ClN6O14P/c1-30(2,3)13-46-28(42)48-16-50-53(44,51-17-49-29(43)47-14-31(4,5)6)12-20(39)37(7)10-19-22(40)23(41)26(52-19)38-15-33-21-24(34-18-8-9-45-11-18)35-27(32)36-25(21)38/h15,18-19,22-23,26,40-41H,8-14,16-17H2,1-7H3,(H,34,35,36)/t18-,19+,22+,23+,26+/m0/s1. The van der Waals surface area contributed by atoms with E-state index in [2.05, 4.69) is 20.3 Å². The van der Waals surface area contributed by atoms with Crippen molar-refractivity contribution >= 4 is 54.4 Å². The Morgan fingerprint density at radius 2 is 1.60 bits per heavy atom. The van der Waals surface area contributed by atoms with Crippen molar-refractivity contribution in [1.82, 2.24) is 24.4 Å². The molecule has 2 saturated heterocycles. The number of ether oxygens (including phenoxy) is 6. The van der Waals surface area contributed by atoms with Gasteiger partial charge in [0, 0.05) is 20.2 Å². The highest BCUT2D eigenvalue weighted by atomic mass is 35.5. The van der Waals surface area contributed by atoms with Gasteiger partial charge in [0.15, 0.2) is 23.2 Å². The predicted molar refractivity (Wildman–Crippen MR) is 185 cm³/mol. The zero-order valence-corrected chi connectivity index (χ0v) is 32.3. The van der Waals surface area contributed by atoms with E-state index in [4.69, 9.17) is 49.1 Å². The fourth-order valence-electron chi connectivity index (χ4n) is 4.86. The van der Waals surface area contributed by atoms with Crippen molar-refractivity contribution in [3.05, 3.63) is 11.6 Å². The monoisotopic (exact) mass is 794 g/mol. The SMILES string of the molecule is CN(C[C@H]1O[C@@H](n2cnc3c(N[C@H]4CCOC4)nc(Cl)nc32)[C@H](O)[C@@H]1O)C(=O)CP(=O)(OCOC(=O)OCC(C)(C)C)OCOC(=O)OCC(C)(C)C. The maximum absolute atomic E-state index is 13.7. The van der Waals surface area contributed by atoms with Crippen LogP contribution in [0.5, 0.6) is 0 Å². The number of anilines is 1. The molecule has 0 saturated carbocycles. The van der Waals surface area contributed by atoms with Crippen LogP contribution in [-0.2, 0) is 46.8 Å². The molecule has 53 heavy (non-hydrogen) atoms. The lowest BCUT2D eigenvalue weighted by molar-refractivity contribution is -0.130. The summed E-state index contributed by atoms with van der Waals surface area (Å²) in [6.45, 7) is 9.93. The van der Waals surface area contributed by atoms with Gasteiger partial charge in [0.2, 0.25) is 24.8 Å². The van der Waals surface area contributed by atoms with Gasteiger partial charge in [-0.1, -0.05) is 41.5 Å². The Bertz CT molecular complexity index is 1590. The van der Waals surface area contributed by atoms with Crippen molar-refractivity contribution < 1.29 is 66.6 Å². The maximum atomic E-state index is 13.7. The molecule has 0 bridgehead atoms. The van der Waals surface area contributed by atoms with E-state index in [1.54, 1.807) is 0 Å². The van der Waals surface area contributed by atoms with E-state index in [1.165, 1.54) is 17.9 Å². The topological polar surface area (TPSA) is 241 Å². The lowest BCUT2D eigenvalue weighted by Crippen LogP contribution is -2.41. The molecular formula is C31H48ClN6O14P. The van der Waals surface area contributed by atoms with Crippen LogP contribution in [-0.4, -0.2) is 137 Å². The minimum Gasteiger partial charge on any atom is -0.434 e. The number of carbonyl (C=O) groups excluding carboxylic acids is 3. The summed E-state index contributed by atoms with van der Waals surface area (Å²) in [6.07, 6.45) is -6.35. The normalized spacial score (nSPS) is 22.1. The summed E-state index contributed by atoms with van der Waals surface area (Å²) in [6, 6.07) is -0.0158. The number of carbonyl (C=O) groups is 3. The number of hydrogen-bond donors (Lipinski definition) is 3. The Kier molecular flexibility index (Phi) is 14.3. The number of aliphatic hydroxyl groups is 2. The molecule has 4 heterocycles. The zero-order chi connectivity index (χ0) is 39.1. The summed E-state index contributed by atoms with van der Waals surface area (Å²) in [5.74, 6) is -0.468. The average molecular weight is 795 g/mol. The van der Waals surface area contributed by atoms with Crippen molar-refractivity contribution in [2.45, 2.75) is 78.5 Å². The van der Waals surface area contributed by atoms with Gasteiger partial charge in [-0.05, 0) is 28.9 Å². The van der Waals surface area contributed by atoms with Crippen LogP contribution in [0.25, 0.3) is 11.2 Å². The summed E-state index contributed by atoms with van der Waals surface area (Å²) in [4.78, 5) is 51.3. The molecule has 22 heteroatoms. The second-order valence-electron chi connectivity index (χ2n) is 14.9. The second kappa shape index (κ2) is 17.9. The highest BCUT2D eigenvalue weighted by molar-refractivity contribution is 7.54. The van der Waals surface area contributed by atoms with Crippen LogP contribution in [0.2, 0.25) is 5.28 Å². The van der Waals surface area contributed by atoms with Crippen molar-refractivity contribution in [1.29, 1.82) is 0 Å². The van der Waals surface area contributed by atoms with Crippen LogP contribution in [0.4, 0.5) is 15.4 Å². The molecule has 298 valence electrons. The zero-order valence-electron chi connectivity index (χ0n) is 30.7. The van der Waals surface area contributed by atoms with Gasteiger partial charge >= 0.3 is 19.9 Å². The number of likely N-dealkylation sites (N-methyl/N-ethyl adjacent to an activating group) is 1. The number of aliphatic hydroxyl groups excluding tert-OH is 2. The molecule has 2 aliphatic heterocycles. The summed E-state index contributed by atoms with van der Waals surface area (Å²) < 4.78 is 56.4. The van der Waals surface area contributed by atoms with Gasteiger partial charge in [0.05, 0.1) is 32.2 Å². The van der Waals surface area contributed by atoms with Gasteiger partial charge < -0.3 is 48.9 Å². The molecule has 2 aliphatic rings. The summed E-state index contributed by atoms with van der Waals surface area (Å²) in [5, 5.41) is 25.1. The fraction of sp³-hybridized carbons (Fsp3) is 0.742. The van der Waals surface area contributed by atoms with Crippen molar-refractivity contribution in [3.63, 3.8) is 0 Å². The van der Waals surface area contributed by atoms with E-state index in [1.807, 2.05) is 41.5 Å². The van der Waals surface area contributed by atoms with E-state index < -0.39 is 70.1 Å². The van der Waals surface area contributed by atoms with Crippen molar-refractivity contribution in [3.8, 4) is 0 Å². The molecular weight excluding hydrogens is 747 g/mol. The summed E-state index contributed by atoms with van der Waals surface area (Å²) in [7, 11) is -3.15. The quantitative estimate of drug-likeness (QED) is 0.101. The van der Waals surface area contributed by atoms with Gasteiger partial charge in [-0.25, -0.2) is 14.6 Å². The molecule has 5 atom stereocenters. The van der Waals surface area contributed by atoms with E-state index >= 15 is 0 Å². The molecule has 20 nitrogen and oxygen atoms in total. The third kappa shape index (κ3) is 12.6. The van der Waals surface area contributed by atoms with Crippen molar-refractivity contribution in [2.24, 2.45) is 10.8 Å². The largest absolute Gasteiger partial charge is 0.510 e. The minimum absolute atomic E-state index is 0.0158. The number of imidazole rings is 1. The van der Waals surface area contributed by atoms with Crippen LogP contribution >= 0.6 is 19.2 Å². The number of fused-ring (bicyclic) bond motifs is 1. The Morgan fingerprint density at radius 1 is 1.00 bits per heavy atom. The third-order valence-electron chi connectivity index (χ3n) is 7.58. The first-order valence-electron chi connectivity index (χ1n) is 16.7. The molecule has 1 amide bonds. The highest BCUT2D eigenvalue weighted by Gasteiger charge is 2.45. The summed E-state index contributed by atoms with van der Waals surface area (Å²) in [5.41, 5.74) is -0.157. The Morgan fingerprint density at radius 3 is 2.15 bits per heavy atom. The number of nitrogens with one attached hydrogen (secondary N) is 1. The smallest absolute Gasteiger partial charge is 0.434 e. The van der Waals surface area contributed by atoms with Gasteiger partial charge in [-0.2, -0.15) is 9.97 Å². The number of amides is 1. The second-order valence-corrected chi connectivity index (χ2v) is 17.3. The molecule has 0 radical (unpaired) electrons. The molecule has 2 aromatic rings. The van der Waals surface area contributed by atoms with Gasteiger partial charge in [0.25, 0.3) is 0 Å². The molecule has 2 fully saturated rings. The summed E-state index contributed by atoms with van der Waals surface area (Å²) >= 11 is 6.21.